The first kappa shape index (κ1) is 31.7. The molecule has 266 valence electrons. The fourth-order valence-electron chi connectivity index (χ4n) is 9.06. The van der Waals surface area contributed by atoms with E-state index in [2.05, 4.69) is 209 Å². The van der Waals surface area contributed by atoms with Crippen LogP contribution in [-0.2, 0) is 0 Å². The van der Waals surface area contributed by atoms with Crippen molar-refractivity contribution in [3.05, 3.63) is 206 Å². The molecule has 0 bridgehead atoms. The van der Waals surface area contributed by atoms with E-state index in [1.54, 1.807) is 0 Å². The third-order valence-electron chi connectivity index (χ3n) is 11.7. The lowest BCUT2D eigenvalue weighted by Crippen LogP contribution is -1.94. The summed E-state index contributed by atoms with van der Waals surface area (Å²) in [6, 6.07) is 74.4. The molecule has 0 aliphatic heterocycles. The molecule has 0 saturated heterocycles. The van der Waals surface area contributed by atoms with Crippen molar-refractivity contribution >= 4 is 65.6 Å². The van der Waals surface area contributed by atoms with Crippen LogP contribution in [0, 0.1) is 0 Å². The van der Waals surface area contributed by atoms with Crippen LogP contribution in [0.5, 0.6) is 0 Å². The summed E-state index contributed by atoms with van der Waals surface area (Å²) in [6.07, 6.45) is 0. The Morgan fingerprint density at radius 2 is 0.754 bits per heavy atom. The Labute approximate surface area is 328 Å². The summed E-state index contributed by atoms with van der Waals surface area (Å²) in [6.45, 7) is 0. The van der Waals surface area contributed by atoms with E-state index in [0.717, 1.165) is 44.3 Å². The van der Waals surface area contributed by atoms with E-state index in [9.17, 15) is 0 Å². The number of para-hydroxylation sites is 2. The summed E-state index contributed by atoms with van der Waals surface area (Å²) in [7, 11) is 0. The summed E-state index contributed by atoms with van der Waals surface area (Å²) >= 11 is 0. The van der Waals surface area contributed by atoms with Crippen LogP contribution in [0.3, 0.4) is 0 Å². The van der Waals surface area contributed by atoms with E-state index in [4.69, 9.17) is 4.42 Å². The molecule has 9 aromatic carbocycles. The maximum absolute atomic E-state index is 6.44. The summed E-state index contributed by atoms with van der Waals surface area (Å²) in [5.41, 5.74) is 16.0. The van der Waals surface area contributed by atoms with Gasteiger partial charge >= 0.3 is 0 Å². The second-order valence-electron chi connectivity index (χ2n) is 14.9. The van der Waals surface area contributed by atoms with Crippen LogP contribution in [0.1, 0.15) is 0 Å². The Bertz CT molecular complexity index is 3480. The van der Waals surface area contributed by atoms with E-state index >= 15 is 0 Å². The first-order valence-electron chi connectivity index (χ1n) is 19.5. The van der Waals surface area contributed by atoms with Gasteiger partial charge in [-0.15, -0.1) is 0 Å². The lowest BCUT2D eigenvalue weighted by Gasteiger charge is -2.11. The molecule has 0 saturated carbocycles. The van der Waals surface area contributed by atoms with Gasteiger partial charge in [-0.25, -0.2) is 0 Å². The predicted molar refractivity (Wildman–Crippen MR) is 239 cm³/mol. The molecule has 0 aliphatic carbocycles. The molecule has 12 rings (SSSR count). The van der Waals surface area contributed by atoms with Crippen LogP contribution in [0.2, 0.25) is 0 Å². The molecule has 0 amide bonds. The van der Waals surface area contributed by atoms with E-state index in [0.29, 0.717) is 0 Å². The van der Waals surface area contributed by atoms with Crippen LogP contribution >= 0.6 is 0 Å². The highest BCUT2D eigenvalue weighted by Crippen LogP contribution is 2.43. The van der Waals surface area contributed by atoms with Crippen molar-refractivity contribution in [2.75, 3.05) is 0 Å². The van der Waals surface area contributed by atoms with Gasteiger partial charge in [-0.3, -0.25) is 0 Å². The zero-order valence-electron chi connectivity index (χ0n) is 30.9. The molecule has 0 N–H and O–H groups in total. The molecule has 12 aromatic rings. The second kappa shape index (κ2) is 12.5. The van der Waals surface area contributed by atoms with Gasteiger partial charge in [0.25, 0.3) is 0 Å². The second-order valence-corrected chi connectivity index (χ2v) is 14.9. The number of furan rings is 1. The molecule has 0 unspecified atom stereocenters. The number of hydrogen-bond acceptors (Lipinski definition) is 1. The maximum atomic E-state index is 6.44. The van der Waals surface area contributed by atoms with Crippen molar-refractivity contribution in [2.24, 2.45) is 0 Å². The first-order valence-corrected chi connectivity index (χ1v) is 19.5. The summed E-state index contributed by atoms with van der Waals surface area (Å²) in [5.74, 6) is 0. The van der Waals surface area contributed by atoms with Gasteiger partial charge in [0.2, 0.25) is 0 Å². The number of hydrogen-bond donors (Lipinski definition) is 0. The molecule has 3 heteroatoms. The van der Waals surface area contributed by atoms with E-state index in [1.165, 1.54) is 66.0 Å². The highest BCUT2D eigenvalue weighted by Gasteiger charge is 2.20. The van der Waals surface area contributed by atoms with Gasteiger partial charge in [-0.2, -0.15) is 0 Å². The number of rotatable bonds is 5. The minimum Gasteiger partial charge on any atom is -0.456 e. The van der Waals surface area contributed by atoms with E-state index in [1.807, 2.05) is 6.07 Å². The fourth-order valence-corrected chi connectivity index (χ4v) is 9.06. The molecule has 3 heterocycles. The van der Waals surface area contributed by atoms with Crippen LogP contribution in [-0.4, -0.2) is 9.13 Å². The zero-order chi connectivity index (χ0) is 37.5. The SMILES string of the molecule is c1ccc(-c2ccc(-n3c4ccccc4c4cc(-c5ccc6c(c5)c5ccc7oc8ccccc8c7c5n6-c5ccc(-c6ccccc6)cc5)ccc43)cc2)cc1. The molecule has 0 spiro atoms. The van der Waals surface area contributed by atoms with Gasteiger partial charge in [-0.05, 0) is 106 Å². The zero-order valence-corrected chi connectivity index (χ0v) is 30.9. The molecule has 3 aromatic heterocycles. The number of aromatic nitrogens is 2. The number of benzene rings is 9. The van der Waals surface area contributed by atoms with Crippen LogP contribution in [0.4, 0.5) is 0 Å². The third kappa shape index (κ3) is 4.92. The quantitative estimate of drug-likeness (QED) is 0.173. The molecule has 57 heavy (non-hydrogen) atoms. The lowest BCUT2D eigenvalue weighted by atomic mass is 10.00. The topological polar surface area (TPSA) is 23.0 Å². The van der Waals surface area contributed by atoms with Gasteiger partial charge < -0.3 is 13.6 Å². The molecule has 0 aliphatic rings. The van der Waals surface area contributed by atoms with Gasteiger partial charge in [0.05, 0.1) is 27.5 Å². The Hall–Kier alpha value is -7.62. The molecular weight excluding hydrogens is 693 g/mol. The summed E-state index contributed by atoms with van der Waals surface area (Å²) in [4.78, 5) is 0. The Kier molecular flexibility index (Phi) is 6.93. The van der Waals surface area contributed by atoms with Crippen molar-refractivity contribution in [3.63, 3.8) is 0 Å². The number of fused-ring (bicyclic) bond motifs is 10. The van der Waals surface area contributed by atoms with Crippen molar-refractivity contribution in [1.82, 2.24) is 9.13 Å². The minimum atomic E-state index is 0.894. The summed E-state index contributed by atoms with van der Waals surface area (Å²) < 4.78 is 11.3. The standard InChI is InChI=1S/C54H34N2O/c1-3-11-35(12-4-1)37-19-25-41(26-20-37)55-48-17-9-7-15-43(48)46-33-39(23-30-49(46)55)40-24-31-50-47(34-40)44-29-32-52-53(45-16-8-10-18-51(45)57-52)54(44)56(50)42-27-21-38(22-28-42)36-13-5-2-6-14-36/h1-34H. The van der Waals surface area contributed by atoms with E-state index < -0.39 is 0 Å². The fraction of sp³-hybridized carbons (Fsp3) is 0. The van der Waals surface area contributed by atoms with Gasteiger partial charge in [-0.1, -0.05) is 133 Å². The van der Waals surface area contributed by atoms with Gasteiger partial charge in [0.1, 0.15) is 11.2 Å². The summed E-state index contributed by atoms with van der Waals surface area (Å²) in [5, 5.41) is 7.16. The normalized spacial score (nSPS) is 11.9. The third-order valence-corrected chi connectivity index (χ3v) is 11.7. The van der Waals surface area contributed by atoms with Crippen molar-refractivity contribution in [3.8, 4) is 44.8 Å². The highest BCUT2D eigenvalue weighted by atomic mass is 16.3. The monoisotopic (exact) mass is 726 g/mol. The van der Waals surface area contributed by atoms with Gasteiger partial charge in [0, 0.05) is 38.3 Å². The van der Waals surface area contributed by atoms with Gasteiger partial charge in [0.15, 0.2) is 0 Å². The lowest BCUT2D eigenvalue weighted by molar-refractivity contribution is 0.669. The largest absolute Gasteiger partial charge is 0.456 e. The average molecular weight is 727 g/mol. The Balaban J connectivity index is 1.04. The predicted octanol–water partition coefficient (Wildman–Crippen LogP) is 14.8. The minimum absolute atomic E-state index is 0.894. The van der Waals surface area contributed by atoms with Crippen LogP contribution in [0.25, 0.3) is 110 Å². The van der Waals surface area contributed by atoms with E-state index in [-0.39, 0.29) is 0 Å². The number of nitrogens with zero attached hydrogens (tertiary/aromatic N) is 2. The maximum Gasteiger partial charge on any atom is 0.137 e. The van der Waals surface area contributed by atoms with Crippen LogP contribution < -0.4 is 0 Å². The van der Waals surface area contributed by atoms with Crippen molar-refractivity contribution in [1.29, 1.82) is 0 Å². The molecule has 0 atom stereocenters. The van der Waals surface area contributed by atoms with Crippen molar-refractivity contribution < 1.29 is 4.42 Å². The molecule has 0 radical (unpaired) electrons. The van der Waals surface area contributed by atoms with Crippen molar-refractivity contribution in [2.45, 2.75) is 0 Å². The van der Waals surface area contributed by atoms with Crippen LogP contribution in [0.15, 0.2) is 211 Å². The average Bonchev–Trinajstić information content (AvgIpc) is 3.94. The molecule has 0 fully saturated rings. The first-order chi connectivity index (χ1) is 28.3. The Morgan fingerprint density at radius 1 is 0.281 bits per heavy atom. The Morgan fingerprint density at radius 3 is 1.40 bits per heavy atom. The smallest absolute Gasteiger partial charge is 0.137 e. The highest BCUT2D eigenvalue weighted by molar-refractivity contribution is 6.25. The molecule has 3 nitrogen and oxygen atoms in total. The molecular formula is C54H34N2O.